The Labute approximate surface area is 129 Å². The lowest BCUT2D eigenvalue weighted by molar-refractivity contribution is 0.0119. The minimum Gasteiger partial charge on any atom is -0.495 e. The molecule has 0 bridgehead atoms. The monoisotopic (exact) mass is 310 g/mol. The molecule has 0 unspecified atom stereocenters. The highest BCUT2D eigenvalue weighted by Crippen LogP contribution is 2.29. The number of carbonyl (C=O) groups excluding carboxylic acids is 1. The second-order valence-electron chi connectivity index (χ2n) is 5.72. The minimum atomic E-state index is 0.101. The van der Waals surface area contributed by atoms with Gasteiger partial charge in [-0.1, -0.05) is 6.92 Å². The molecule has 2 saturated heterocycles. The van der Waals surface area contributed by atoms with Crippen molar-refractivity contribution in [3.8, 4) is 5.75 Å². The molecule has 0 radical (unpaired) electrons. The number of hydrogen-bond acceptors (Lipinski definition) is 5. The fourth-order valence-corrected chi connectivity index (χ4v) is 4.08. The number of likely N-dealkylation sites (tertiary alicyclic amines) is 1. The number of morpholine rings is 1. The maximum atomic E-state index is 12.7. The summed E-state index contributed by atoms with van der Waals surface area (Å²) in [7, 11) is 1.61. The molecule has 116 valence electrons. The first kappa shape index (κ1) is 14.8. The molecule has 1 aromatic rings. The Hall–Kier alpha value is -1.11. The van der Waals surface area contributed by atoms with E-state index >= 15 is 0 Å². The van der Waals surface area contributed by atoms with E-state index in [1.807, 2.05) is 16.3 Å². The van der Waals surface area contributed by atoms with Crippen molar-refractivity contribution in [3.05, 3.63) is 16.3 Å². The Bertz CT molecular complexity index is 499. The van der Waals surface area contributed by atoms with Crippen LogP contribution in [-0.2, 0) is 4.74 Å². The lowest BCUT2D eigenvalue weighted by Gasteiger charge is -2.33. The zero-order valence-electron chi connectivity index (χ0n) is 12.6. The Morgan fingerprint density at radius 3 is 2.86 bits per heavy atom. The van der Waals surface area contributed by atoms with E-state index in [1.54, 1.807) is 7.11 Å². The van der Waals surface area contributed by atoms with Crippen molar-refractivity contribution in [2.75, 3.05) is 46.5 Å². The molecule has 1 aromatic heterocycles. The lowest BCUT2D eigenvalue weighted by Crippen LogP contribution is -2.47. The van der Waals surface area contributed by atoms with Gasteiger partial charge in [-0.05, 0) is 17.4 Å². The zero-order chi connectivity index (χ0) is 14.8. The number of rotatable bonds is 3. The molecule has 3 rings (SSSR count). The number of hydrogen-bond donors (Lipinski definition) is 0. The quantitative estimate of drug-likeness (QED) is 0.849. The summed E-state index contributed by atoms with van der Waals surface area (Å²) in [4.78, 5) is 17.8. The predicted molar refractivity (Wildman–Crippen MR) is 82.1 cm³/mol. The van der Waals surface area contributed by atoms with E-state index in [2.05, 4.69) is 11.8 Å². The van der Waals surface area contributed by atoms with Crippen molar-refractivity contribution in [2.24, 2.45) is 5.92 Å². The van der Waals surface area contributed by atoms with E-state index in [0.717, 1.165) is 39.4 Å². The summed E-state index contributed by atoms with van der Waals surface area (Å²) in [6.07, 6.45) is 0. The van der Waals surface area contributed by atoms with Gasteiger partial charge in [-0.15, -0.1) is 11.3 Å². The highest BCUT2D eigenvalue weighted by molar-refractivity contribution is 7.12. The molecule has 1 amide bonds. The van der Waals surface area contributed by atoms with Gasteiger partial charge in [-0.25, -0.2) is 0 Å². The molecule has 2 aliphatic heterocycles. The van der Waals surface area contributed by atoms with E-state index in [4.69, 9.17) is 9.47 Å². The van der Waals surface area contributed by atoms with Crippen molar-refractivity contribution in [1.29, 1.82) is 0 Å². The number of nitrogens with zero attached hydrogens (tertiary/aromatic N) is 2. The van der Waals surface area contributed by atoms with Gasteiger partial charge in [0, 0.05) is 32.2 Å². The van der Waals surface area contributed by atoms with Crippen LogP contribution in [0.25, 0.3) is 0 Å². The maximum Gasteiger partial charge on any atom is 0.267 e. The third-order valence-corrected chi connectivity index (χ3v) is 5.30. The second kappa shape index (κ2) is 6.34. The van der Waals surface area contributed by atoms with Crippen molar-refractivity contribution in [1.82, 2.24) is 9.80 Å². The van der Waals surface area contributed by atoms with Crippen LogP contribution in [0.1, 0.15) is 16.6 Å². The molecule has 0 N–H and O–H groups in total. The first-order chi connectivity index (χ1) is 10.2. The van der Waals surface area contributed by atoms with Crippen LogP contribution in [0.4, 0.5) is 0 Å². The smallest absolute Gasteiger partial charge is 0.267 e. The van der Waals surface area contributed by atoms with Gasteiger partial charge >= 0.3 is 0 Å². The van der Waals surface area contributed by atoms with Gasteiger partial charge in [0.15, 0.2) is 0 Å². The molecular formula is C15H22N2O3S. The van der Waals surface area contributed by atoms with Crippen LogP contribution in [0.15, 0.2) is 11.4 Å². The number of ether oxygens (including phenoxy) is 2. The molecule has 0 aliphatic carbocycles. The average Bonchev–Trinajstić information content (AvgIpc) is 3.13. The highest BCUT2D eigenvalue weighted by Gasteiger charge is 2.37. The zero-order valence-corrected chi connectivity index (χ0v) is 13.4. The van der Waals surface area contributed by atoms with Crippen molar-refractivity contribution < 1.29 is 14.3 Å². The molecule has 21 heavy (non-hydrogen) atoms. The first-order valence-electron chi connectivity index (χ1n) is 7.43. The SMILES string of the molecule is COc1ccsc1C(=O)N1C[C@H](C)[C@@H](N2CCOCC2)C1. The molecule has 0 spiro atoms. The molecule has 2 aliphatic rings. The standard InChI is InChI=1S/C15H22N2O3S/c1-11-9-17(10-12(11)16-4-6-20-7-5-16)15(18)14-13(19-2)3-8-21-14/h3,8,11-12H,4-7,9-10H2,1-2H3/t11-,12-/m0/s1. The van der Waals surface area contributed by atoms with Crippen LogP contribution in [-0.4, -0.2) is 68.3 Å². The normalized spacial score (nSPS) is 27.0. The number of methoxy groups -OCH3 is 1. The molecule has 0 aromatic carbocycles. The number of amides is 1. The van der Waals surface area contributed by atoms with Crippen molar-refractivity contribution >= 4 is 17.2 Å². The summed E-state index contributed by atoms with van der Waals surface area (Å²) >= 11 is 1.46. The maximum absolute atomic E-state index is 12.7. The van der Waals surface area contributed by atoms with Gasteiger partial charge in [-0.3, -0.25) is 9.69 Å². The van der Waals surface area contributed by atoms with Crippen LogP contribution in [0.5, 0.6) is 5.75 Å². The largest absolute Gasteiger partial charge is 0.495 e. The van der Waals surface area contributed by atoms with Gasteiger partial charge in [0.2, 0.25) is 0 Å². The average molecular weight is 310 g/mol. The summed E-state index contributed by atoms with van der Waals surface area (Å²) in [5, 5.41) is 1.91. The van der Waals surface area contributed by atoms with E-state index in [9.17, 15) is 4.79 Å². The van der Waals surface area contributed by atoms with Crippen molar-refractivity contribution in [2.45, 2.75) is 13.0 Å². The Morgan fingerprint density at radius 2 is 2.14 bits per heavy atom. The van der Waals surface area contributed by atoms with Gasteiger partial charge in [0.25, 0.3) is 5.91 Å². The van der Waals surface area contributed by atoms with Crippen LogP contribution >= 0.6 is 11.3 Å². The summed E-state index contributed by atoms with van der Waals surface area (Å²) in [5.74, 6) is 1.29. The molecular weight excluding hydrogens is 288 g/mol. The fourth-order valence-electron chi connectivity index (χ4n) is 3.26. The molecule has 5 nitrogen and oxygen atoms in total. The Morgan fingerprint density at radius 1 is 1.38 bits per heavy atom. The third kappa shape index (κ3) is 2.93. The summed E-state index contributed by atoms with van der Waals surface area (Å²) in [6.45, 7) is 7.41. The highest BCUT2D eigenvalue weighted by atomic mass is 32.1. The van der Waals surface area contributed by atoms with Gasteiger partial charge in [0.05, 0.1) is 20.3 Å². The van der Waals surface area contributed by atoms with E-state index in [0.29, 0.717) is 22.6 Å². The van der Waals surface area contributed by atoms with E-state index in [-0.39, 0.29) is 5.91 Å². The van der Waals surface area contributed by atoms with Crippen LogP contribution in [0, 0.1) is 5.92 Å². The predicted octanol–water partition coefficient (Wildman–Crippen LogP) is 1.55. The minimum absolute atomic E-state index is 0.101. The van der Waals surface area contributed by atoms with E-state index < -0.39 is 0 Å². The fraction of sp³-hybridized carbons (Fsp3) is 0.667. The number of carbonyl (C=O) groups is 1. The second-order valence-corrected chi connectivity index (χ2v) is 6.64. The van der Waals surface area contributed by atoms with Crippen LogP contribution < -0.4 is 4.74 Å². The molecule has 2 atom stereocenters. The summed E-state index contributed by atoms with van der Waals surface area (Å²) in [6, 6.07) is 2.31. The van der Waals surface area contributed by atoms with Crippen molar-refractivity contribution in [3.63, 3.8) is 0 Å². The first-order valence-corrected chi connectivity index (χ1v) is 8.31. The Kier molecular flexibility index (Phi) is 4.47. The lowest BCUT2D eigenvalue weighted by atomic mass is 10.0. The Balaban J connectivity index is 1.69. The van der Waals surface area contributed by atoms with E-state index in [1.165, 1.54) is 11.3 Å². The number of thiophene rings is 1. The van der Waals surface area contributed by atoms with Crippen LogP contribution in [0.2, 0.25) is 0 Å². The van der Waals surface area contributed by atoms with Gasteiger partial charge < -0.3 is 14.4 Å². The molecule has 2 fully saturated rings. The molecule has 6 heteroatoms. The molecule has 0 saturated carbocycles. The summed E-state index contributed by atoms with van der Waals surface area (Å²) < 4.78 is 10.7. The van der Waals surface area contributed by atoms with Gasteiger partial charge in [-0.2, -0.15) is 0 Å². The summed E-state index contributed by atoms with van der Waals surface area (Å²) in [5.41, 5.74) is 0. The molecule has 3 heterocycles. The van der Waals surface area contributed by atoms with Crippen LogP contribution in [0.3, 0.4) is 0 Å². The van der Waals surface area contributed by atoms with Gasteiger partial charge in [0.1, 0.15) is 10.6 Å². The third-order valence-electron chi connectivity index (χ3n) is 4.42. The topological polar surface area (TPSA) is 42.0 Å².